The monoisotopic (exact) mass is 416 g/mol. The van der Waals surface area contributed by atoms with E-state index >= 15 is 0 Å². The third-order valence-corrected chi connectivity index (χ3v) is 5.08. The van der Waals surface area contributed by atoms with Crippen molar-refractivity contribution in [1.29, 1.82) is 0 Å². The Balaban J connectivity index is 1.31. The number of hydrogen-bond acceptors (Lipinski definition) is 5. The van der Waals surface area contributed by atoms with E-state index in [2.05, 4.69) is 5.16 Å². The van der Waals surface area contributed by atoms with Crippen molar-refractivity contribution in [2.75, 3.05) is 25.2 Å². The summed E-state index contributed by atoms with van der Waals surface area (Å²) in [4.78, 5) is 19.4. The summed E-state index contributed by atoms with van der Waals surface area (Å²) in [5, 5.41) is 3.94. The Labute approximate surface area is 181 Å². The van der Waals surface area contributed by atoms with Crippen LogP contribution in [0.1, 0.15) is 16.7 Å². The van der Waals surface area contributed by atoms with Crippen molar-refractivity contribution < 1.29 is 19.1 Å². The van der Waals surface area contributed by atoms with Gasteiger partial charge in [-0.1, -0.05) is 53.7 Å². The Hall–Kier alpha value is -3.80. The van der Waals surface area contributed by atoms with E-state index in [1.165, 1.54) is 5.56 Å². The number of amides is 1. The van der Waals surface area contributed by atoms with E-state index in [0.717, 1.165) is 23.2 Å². The first-order chi connectivity index (χ1) is 15.2. The molecular formula is C25H24N2O4. The quantitative estimate of drug-likeness (QED) is 0.408. The summed E-state index contributed by atoms with van der Waals surface area (Å²) < 4.78 is 11.3. The standard InChI is InChI=1S/C25H24N2O4/c1-29-24-15-20(11-12-23(24)30-17-19-7-3-2-4-8-19)16-26-31-18-25(28)27-14-13-21-9-5-6-10-22(21)27/h2-12,15-16H,13-14,17-18H2,1H3/b26-16-. The molecule has 0 spiro atoms. The Morgan fingerprint density at radius 2 is 1.84 bits per heavy atom. The molecule has 3 aromatic carbocycles. The molecular weight excluding hydrogens is 392 g/mol. The number of para-hydroxylation sites is 1. The van der Waals surface area contributed by atoms with Crippen molar-refractivity contribution >= 4 is 17.8 Å². The van der Waals surface area contributed by atoms with Crippen LogP contribution in [0.2, 0.25) is 0 Å². The number of nitrogens with zero attached hydrogens (tertiary/aromatic N) is 2. The lowest BCUT2D eigenvalue weighted by Gasteiger charge is -2.16. The zero-order valence-electron chi connectivity index (χ0n) is 17.4. The van der Waals surface area contributed by atoms with Crippen LogP contribution in [0.5, 0.6) is 11.5 Å². The molecule has 0 saturated carbocycles. The average Bonchev–Trinajstić information content (AvgIpc) is 3.25. The van der Waals surface area contributed by atoms with Gasteiger partial charge in [0.05, 0.1) is 13.3 Å². The van der Waals surface area contributed by atoms with Gasteiger partial charge in [0.2, 0.25) is 0 Å². The minimum atomic E-state index is -0.111. The van der Waals surface area contributed by atoms with Gasteiger partial charge in [0.15, 0.2) is 18.1 Å². The Morgan fingerprint density at radius 1 is 1.03 bits per heavy atom. The third kappa shape index (κ3) is 5.04. The molecule has 31 heavy (non-hydrogen) atoms. The van der Waals surface area contributed by atoms with Crippen LogP contribution in [0, 0.1) is 0 Å². The van der Waals surface area contributed by atoms with E-state index in [0.29, 0.717) is 24.7 Å². The van der Waals surface area contributed by atoms with Crippen LogP contribution < -0.4 is 14.4 Å². The van der Waals surface area contributed by atoms with Gasteiger partial charge in [-0.25, -0.2) is 0 Å². The van der Waals surface area contributed by atoms with Gasteiger partial charge in [-0.05, 0) is 41.8 Å². The number of rotatable bonds is 8. The highest BCUT2D eigenvalue weighted by molar-refractivity contribution is 5.96. The molecule has 1 aliphatic rings. The van der Waals surface area contributed by atoms with E-state index in [-0.39, 0.29) is 12.5 Å². The van der Waals surface area contributed by atoms with E-state index in [1.807, 2.05) is 72.8 Å². The summed E-state index contributed by atoms with van der Waals surface area (Å²) in [6, 6.07) is 23.3. The zero-order valence-corrected chi connectivity index (χ0v) is 17.4. The molecule has 0 unspecified atom stereocenters. The maximum Gasteiger partial charge on any atom is 0.267 e. The number of oxime groups is 1. The maximum atomic E-state index is 12.4. The van der Waals surface area contributed by atoms with Crippen molar-refractivity contribution in [2.24, 2.45) is 5.16 Å². The third-order valence-electron chi connectivity index (χ3n) is 5.08. The highest BCUT2D eigenvalue weighted by Crippen LogP contribution is 2.29. The van der Waals surface area contributed by atoms with Crippen LogP contribution in [-0.2, 0) is 22.7 Å². The summed E-state index contributed by atoms with van der Waals surface area (Å²) in [5.41, 5.74) is 3.99. The minimum absolute atomic E-state index is 0.107. The fourth-order valence-corrected chi connectivity index (χ4v) is 3.48. The van der Waals surface area contributed by atoms with Crippen LogP contribution >= 0.6 is 0 Å². The van der Waals surface area contributed by atoms with Gasteiger partial charge in [0, 0.05) is 17.8 Å². The van der Waals surface area contributed by atoms with Crippen LogP contribution in [0.3, 0.4) is 0 Å². The fourth-order valence-electron chi connectivity index (χ4n) is 3.48. The smallest absolute Gasteiger partial charge is 0.267 e. The van der Waals surface area contributed by atoms with E-state index in [4.69, 9.17) is 14.3 Å². The number of carbonyl (C=O) groups excluding carboxylic acids is 1. The van der Waals surface area contributed by atoms with Crippen molar-refractivity contribution in [1.82, 2.24) is 0 Å². The molecule has 0 atom stereocenters. The van der Waals surface area contributed by atoms with Gasteiger partial charge in [0.1, 0.15) is 6.61 Å². The van der Waals surface area contributed by atoms with Gasteiger partial charge in [0.25, 0.3) is 5.91 Å². The molecule has 158 valence electrons. The molecule has 0 fully saturated rings. The predicted molar refractivity (Wildman–Crippen MR) is 120 cm³/mol. The second kappa shape index (κ2) is 9.80. The van der Waals surface area contributed by atoms with Gasteiger partial charge in [-0.3, -0.25) is 4.79 Å². The number of anilines is 1. The number of fused-ring (bicyclic) bond motifs is 1. The first kappa shape index (κ1) is 20.5. The van der Waals surface area contributed by atoms with Gasteiger partial charge < -0.3 is 19.2 Å². The molecule has 3 aromatic rings. The molecule has 0 aliphatic carbocycles. The highest BCUT2D eigenvalue weighted by Gasteiger charge is 2.24. The highest BCUT2D eigenvalue weighted by atomic mass is 16.6. The largest absolute Gasteiger partial charge is 0.493 e. The molecule has 0 bridgehead atoms. The molecule has 6 nitrogen and oxygen atoms in total. The number of ether oxygens (including phenoxy) is 2. The van der Waals surface area contributed by atoms with Crippen molar-refractivity contribution in [2.45, 2.75) is 13.0 Å². The van der Waals surface area contributed by atoms with Crippen LogP contribution in [-0.4, -0.2) is 32.4 Å². The molecule has 1 amide bonds. The summed E-state index contributed by atoms with van der Waals surface area (Å²) >= 11 is 0. The Morgan fingerprint density at radius 3 is 2.68 bits per heavy atom. The normalized spacial score (nSPS) is 12.6. The molecule has 0 saturated heterocycles. The molecule has 6 heteroatoms. The number of carbonyl (C=O) groups is 1. The van der Waals surface area contributed by atoms with Gasteiger partial charge >= 0.3 is 0 Å². The summed E-state index contributed by atoms with van der Waals surface area (Å²) in [6.07, 6.45) is 2.42. The first-order valence-corrected chi connectivity index (χ1v) is 10.1. The van der Waals surface area contributed by atoms with Crippen LogP contribution in [0.4, 0.5) is 5.69 Å². The molecule has 0 N–H and O–H groups in total. The topological polar surface area (TPSA) is 60.4 Å². The maximum absolute atomic E-state index is 12.4. The SMILES string of the molecule is COc1cc(/C=N\OCC(=O)N2CCc3ccccc32)ccc1OCc1ccccc1. The molecule has 1 heterocycles. The van der Waals surface area contributed by atoms with E-state index < -0.39 is 0 Å². The lowest BCUT2D eigenvalue weighted by Crippen LogP contribution is -2.31. The number of benzene rings is 3. The zero-order chi connectivity index (χ0) is 21.5. The molecule has 4 rings (SSSR count). The Kier molecular flexibility index (Phi) is 6.47. The number of methoxy groups -OCH3 is 1. The van der Waals surface area contributed by atoms with E-state index in [9.17, 15) is 4.79 Å². The molecule has 1 aliphatic heterocycles. The summed E-state index contributed by atoms with van der Waals surface area (Å²) in [6.45, 7) is 1.02. The second-order valence-corrected chi connectivity index (χ2v) is 7.12. The van der Waals surface area contributed by atoms with Crippen LogP contribution in [0.15, 0.2) is 78.0 Å². The van der Waals surface area contributed by atoms with Gasteiger partial charge in [-0.2, -0.15) is 0 Å². The van der Waals surface area contributed by atoms with Crippen molar-refractivity contribution in [3.63, 3.8) is 0 Å². The fraction of sp³-hybridized carbons (Fsp3) is 0.200. The number of hydrogen-bond donors (Lipinski definition) is 0. The second-order valence-electron chi connectivity index (χ2n) is 7.12. The Bertz CT molecular complexity index is 1070. The van der Waals surface area contributed by atoms with Crippen molar-refractivity contribution in [3.05, 3.63) is 89.5 Å². The summed E-state index contributed by atoms with van der Waals surface area (Å²) in [5.74, 6) is 1.14. The van der Waals surface area contributed by atoms with Crippen LogP contribution in [0.25, 0.3) is 0 Å². The lowest BCUT2D eigenvalue weighted by molar-refractivity contribution is -0.122. The lowest BCUT2D eigenvalue weighted by atomic mass is 10.2. The van der Waals surface area contributed by atoms with E-state index in [1.54, 1.807) is 18.2 Å². The first-order valence-electron chi connectivity index (χ1n) is 10.1. The molecule has 0 aromatic heterocycles. The summed E-state index contributed by atoms with van der Waals surface area (Å²) in [7, 11) is 1.59. The average molecular weight is 416 g/mol. The predicted octanol–water partition coefficient (Wildman–Crippen LogP) is 4.21. The van der Waals surface area contributed by atoms with Gasteiger partial charge in [-0.15, -0.1) is 0 Å². The molecule has 0 radical (unpaired) electrons. The minimum Gasteiger partial charge on any atom is -0.493 e. The van der Waals surface area contributed by atoms with Crippen molar-refractivity contribution in [3.8, 4) is 11.5 Å².